The lowest BCUT2D eigenvalue weighted by Gasteiger charge is -2.26. The molecule has 0 N–H and O–H groups in total. The van der Waals surface area contributed by atoms with Crippen LogP contribution in [0.25, 0.3) is 0 Å². The van der Waals surface area contributed by atoms with Gasteiger partial charge < -0.3 is 4.74 Å². The fraction of sp³-hybridized carbons (Fsp3) is 0.450. The van der Waals surface area contributed by atoms with Gasteiger partial charge in [-0.15, -0.1) is 0 Å². The molecule has 1 aliphatic carbocycles. The SMILES string of the molecule is CC(C)CC(C(=O)Oc1ccc(Cl)cc1Br)N1C(=O)C2CC=CCC2C1=O. The highest BCUT2D eigenvalue weighted by Gasteiger charge is 2.51. The predicted molar refractivity (Wildman–Crippen MR) is 105 cm³/mol. The fourth-order valence-electron chi connectivity index (χ4n) is 3.62. The molecule has 0 saturated carbocycles. The number of likely N-dealkylation sites (tertiary alicyclic amines) is 1. The van der Waals surface area contributed by atoms with Crippen molar-refractivity contribution < 1.29 is 19.1 Å². The largest absolute Gasteiger partial charge is 0.424 e. The predicted octanol–water partition coefficient (Wildman–Crippen LogP) is 4.37. The third-order valence-electron chi connectivity index (χ3n) is 4.92. The Morgan fingerprint density at radius 2 is 1.81 bits per heavy atom. The standard InChI is InChI=1S/C20H21BrClNO4/c1-11(2)9-16(20(26)27-17-8-7-12(22)10-15(17)21)23-18(24)13-5-3-4-6-14(13)19(23)25/h3-4,7-8,10-11,13-14,16H,5-6,9H2,1-2H3. The summed E-state index contributed by atoms with van der Waals surface area (Å²) in [5, 5.41) is 0.502. The monoisotopic (exact) mass is 453 g/mol. The molecule has 1 aliphatic heterocycles. The first kappa shape index (κ1) is 20.1. The third-order valence-corrected chi connectivity index (χ3v) is 5.78. The van der Waals surface area contributed by atoms with E-state index in [9.17, 15) is 14.4 Å². The van der Waals surface area contributed by atoms with Crippen LogP contribution in [0.4, 0.5) is 0 Å². The van der Waals surface area contributed by atoms with Crippen molar-refractivity contribution in [3.63, 3.8) is 0 Å². The summed E-state index contributed by atoms with van der Waals surface area (Å²) >= 11 is 9.24. The summed E-state index contributed by atoms with van der Waals surface area (Å²) in [5.74, 6) is -1.48. The number of benzene rings is 1. The van der Waals surface area contributed by atoms with E-state index in [2.05, 4.69) is 15.9 Å². The highest BCUT2D eigenvalue weighted by molar-refractivity contribution is 9.10. The van der Waals surface area contributed by atoms with Crippen molar-refractivity contribution in [2.45, 2.75) is 39.2 Å². The normalized spacial score (nSPS) is 22.9. The van der Waals surface area contributed by atoms with Crippen LogP contribution in [0.2, 0.25) is 5.02 Å². The topological polar surface area (TPSA) is 63.7 Å². The molecule has 1 fully saturated rings. The first-order valence-electron chi connectivity index (χ1n) is 8.98. The second-order valence-corrected chi connectivity index (χ2v) is 8.63. The number of fused-ring (bicyclic) bond motifs is 1. The number of nitrogens with zero attached hydrogens (tertiary/aromatic N) is 1. The second-order valence-electron chi connectivity index (χ2n) is 7.34. The highest BCUT2D eigenvalue weighted by atomic mass is 79.9. The van der Waals surface area contributed by atoms with Gasteiger partial charge in [-0.3, -0.25) is 14.5 Å². The van der Waals surface area contributed by atoms with Gasteiger partial charge in [0.1, 0.15) is 11.8 Å². The summed E-state index contributed by atoms with van der Waals surface area (Å²) in [7, 11) is 0. The Balaban J connectivity index is 1.86. The Morgan fingerprint density at radius 1 is 1.22 bits per heavy atom. The van der Waals surface area contributed by atoms with Crippen molar-refractivity contribution in [1.29, 1.82) is 0 Å². The Kier molecular flexibility index (Phi) is 6.06. The summed E-state index contributed by atoms with van der Waals surface area (Å²) in [6, 6.07) is 3.87. The van der Waals surface area contributed by atoms with E-state index in [4.69, 9.17) is 16.3 Å². The molecule has 0 bridgehead atoms. The van der Waals surface area contributed by atoms with Crippen LogP contribution in [-0.2, 0) is 14.4 Å². The molecule has 3 unspecified atom stereocenters. The van der Waals surface area contributed by atoms with Crippen LogP contribution < -0.4 is 4.74 Å². The molecule has 0 spiro atoms. The zero-order chi connectivity index (χ0) is 19.7. The Hall–Kier alpha value is -1.66. The van der Waals surface area contributed by atoms with Gasteiger partial charge >= 0.3 is 5.97 Å². The smallest absolute Gasteiger partial charge is 0.334 e. The Bertz CT molecular complexity index is 781. The first-order chi connectivity index (χ1) is 12.8. The van der Waals surface area contributed by atoms with Crippen molar-refractivity contribution >= 4 is 45.3 Å². The number of imide groups is 1. The number of ether oxygens (including phenoxy) is 1. The number of allylic oxidation sites excluding steroid dienone is 2. The quantitative estimate of drug-likeness (QED) is 0.287. The lowest BCUT2D eigenvalue weighted by atomic mass is 9.85. The number of amides is 2. The molecule has 3 atom stereocenters. The van der Waals surface area contributed by atoms with Gasteiger partial charge in [0.05, 0.1) is 16.3 Å². The maximum absolute atomic E-state index is 12.9. The van der Waals surface area contributed by atoms with Gasteiger partial charge in [0.15, 0.2) is 0 Å². The molecule has 0 radical (unpaired) electrons. The van der Waals surface area contributed by atoms with Gasteiger partial charge in [-0.2, -0.15) is 0 Å². The Labute approximate surface area is 171 Å². The van der Waals surface area contributed by atoms with Gasteiger partial charge in [0.25, 0.3) is 0 Å². The van der Waals surface area contributed by atoms with Gasteiger partial charge in [0, 0.05) is 5.02 Å². The molecular weight excluding hydrogens is 434 g/mol. The zero-order valence-corrected chi connectivity index (χ0v) is 17.5. The van der Waals surface area contributed by atoms with Crippen LogP contribution in [0.5, 0.6) is 5.75 Å². The number of hydrogen-bond acceptors (Lipinski definition) is 4. The number of carbonyl (C=O) groups is 3. The lowest BCUT2D eigenvalue weighted by molar-refractivity contribution is -0.154. The molecule has 0 aromatic heterocycles. The van der Waals surface area contributed by atoms with Crippen LogP contribution in [0.15, 0.2) is 34.8 Å². The van der Waals surface area contributed by atoms with Gasteiger partial charge in [-0.25, -0.2) is 4.79 Å². The summed E-state index contributed by atoms with van der Waals surface area (Å²) in [6.45, 7) is 3.89. The minimum Gasteiger partial charge on any atom is -0.424 e. The van der Waals surface area contributed by atoms with E-state index in [1.54, 1.807) is 18.2 Å². The zero-order valence-electron chi connectivity index (χ0n) is 15.2. The molecule has 1 aromatic rings. The lowest BCUT2D eigenvalue weighted by Crippen LogP contribution is -2.48. The second kappa shape index (κ2) is 8.15. The molecule has 7 heteroatoms. The highest BCUT2D eigenvalue weighted by Crippen LogP contribution is 2.37. The van der Waals surface area contributed by atoms with Crippen LogP contribution in [0, 0.1) is 17.8 Å². The van der Waals surface area contributed by atoms with Crippen molar-refractivity contribution in [1.82, 2.24) is 4.90 Å². The van der Waals surface area contributed by atoms with E-state index >= 15 is 0 Å². The van der Waals surface area contributed by atoms with Crippen LogP contribution >= 0.6 is 27.5 Å². The molecule has 1 heterocycles. The molecule has 5 nitrogen and oxygen atoms in total. The minimum absolute atomic E-state index is 0.109. The molecule has 1 aromatic carbocycles. The van der Waals surface area contributed by atoms with E-state index in [0.29, 0.717) is 34.5 Å². The van der Waals surface area contributed by atoms with Gasteiger partial charge in [0.2, 0.25) is 11.8 Å². The van der Waals surface area contributed by atoms with E-state index in [-0.39, 0.29) is 29.6 Å². The van der Waals surface area contributed by atoms with E-state index in [1.807, 2.05) is 26.0 Å². The molecule has 27 heavy (non-hydrogen) atoms. The molecule has 1 saturated heterocycles. The number of carbonyl (C=O) groups excluding carboxylic acids is 3. The summed E-state index contributed by atoms with van der Waals surface area (Å²) < 4.78 is 6.05. The van der Waals surface area contributed by atoms with Crippen LogP contribution in [0.3, 0.4) is 0 Å². The number of rotatable bonds is 5. The van der Waals surface area contributed by atoms with E-state index in [1.165, 1.54) is 0 Å². The maximum Gasteiger partial charge on any atom is 0.334 e. The van der Waals surface area contributed by atoms with Crippen LogP contribution in [-0.4, -0.2) is 28.7 Å². The van der Waals surface area contributed by atoms with Crippen molar-refractivity contribution in [3.8, 4) is 5.75 Å². The molecular formula is C20H21BrClNO4. The average Bonchev–Trinajstić information content (AvgIpc) is 2.86. The molecule has 2 aliphatic rings. The summed E-state index contributed by atoms with van der Waals surface area (Å²) in [6.07, 6.45) is 5.29. The van der Waals surface area contributed by atoms with Crippen molar-refractivity contribution in [2.75, 3.05) is 0 Å². The van der Waals surface area contributed by atoms with Crippen molar-refractivity contribution in [2.24, 2.45) is 17.8 Å². The molecule has 3 rings (SSSR count). The van der Waals surface area contributed by atoms with E-state index < -0.39 is 12.0 Å². The van der Waals surface area contributed by atoms with Crippen molar-refractivity contribution in [3.05, 3.63) is 39.8 Å². The number of halogens is 2. The summed E-state index contributed by atoms with van der Waals surface area (Å²) in [4.78, 5) is 39.8. The maximum atomic E-state index is 12.9. The fourth-order valence-corrected chi connectivity index (χ4v) is 4.38. The Morgan fingerprint density at radius 3 is 2.33 bits per heavy atom. The van der Waals surface area contributed by atoms with Crippen LogP contribution in [0.1, 0.15) is 33.1 Å². The van der Waals surface area contributed by atoms with E-state index in [0.717, 1.165) is 4.90 Å². The minimum atomic E-state index is -0.932. The summed E-state index contributed by atoms with van der Waals surface area (Å²) in [5.41, 5.74) is 0. The third kappa shape index (κ3) is 4.11. The van der Waals surface area contributed by atoms with Gasteiger partial charge in [-0.1, -0.05) is 37.6 Å². The number of esters is 1. The average molecular weight is 455 g/mol. The molecule has 144 valence electrons. The number of hydrogen-bond donors (Lipinski definition) is 0. The molecule has 2 amide bonds. The van der Waals surface area contributed by atoms with Gasteiger partial charge in [-0.05, 0) is 59.3 Å². The first-order valence-corrected chi connectivity index (χ1v) is 10.1.